The van der Waals surface area contributed by atoms with Gasteiger partial charge in [0, 0.05) is 12.3 Å². The van der Waals surface area contributed by atoms with E-state index in [1.807, 2.05) is 0 Å². The summed E-state index contributed by atoms with van der Waals surface area (Å²) in [7, 11) is 0. The topological polar surface area (TPSA) is 108 Å². The molecule has 0 unspecified atom stereocenters. The lowest BCUT2D eigenvalue weighted by atomic mass is 10.2. The summed E-state index contributed by atoms with van der Waals surface area (Å²) >= 11 is 0. The van der Waals surface area contributed by atoms with Crippen molar-refractivity contribution in [3.05, 3.63) is 23.9 Å². The minimum absolute atomic E-state index is 0.0243. The van der Waals surface area contributed by atoms with E-state index < -0.39 is 18.0 Å². The summed E-state index contributed by atoms with van der Waals surface area (Å²) in [5.74, 6) is -1.29. The number of carbonyl (C=O) groups excluding carboxylic acids is 3. The molecule has 3 N–H and O–H groups in total. The molecular weight excluding hydrogens is 240 g/mol. The Morgan fingerprint density at radius 1 is 1.11 bits per heavy atom. The van der Waals surface area contributed by atoms with Crippen molar-refractivity contribution in [2.24, 2.45) is 5.73 Å². The van der Waals surface area contributed by atoms with Gasteiger partial charge >= 0.3 is 18.0 Å². The molecule has 7 heteroatoms. The quantitative estimate of drug-likeness (QED) is 0.401. The third kappa shape index (κ3) is 7.04. The minimum Gasteiger partial charge on any atom is -0.463 e. The third-order valence-electron chi connectivity index (χ3n) is 1.57. The first-order chi connectivity index (χ1) is 8.51. The highest BCUT2D eigenvalue weighted by Gasteiger charge is 2.08. The molecule has 0 bridgehead atoms. The summed E-state index contributed by atoms with van der Waals surface area (Å²) in [5, 5.41) is 2.11. The lowest BCUT2D eigenvalue weighted by molar-refractivity contribution is -0.138. The predicted molar refractivity (Wildman–Crippen MR) is 63.2 cm³/mol. The molecule has 0 aromatic rings. The molecule has 7 nitrogen and oxygen atoms in total. The van der Waals surface area contributed by atoms with E-state index in [0.717, 1.165) is 12.3 Å². The molecule has 0 rings (SSSR count). The number of hydrogen-bond donors (Lipinski definition) is 2. The van der Waals surface area contributed by atoms with Crippen LogP contribution in [0.15, 0.2) is 23.9 Å². The van der Waals surface area contributed by atoms with E-state index in [1.54, 1.807) is 13.8 Å². The average molecular weight is 256 g/mol. The van der Waals surface area contributed by atoms with Crippen molar-refractivity contribution < 1.29 is 23.9 Å². The fourth-order valence-corrected chi connectivity index (χ4v) is 0.887. The molecule has 100 valence electrons. The zero-order valence-electron chi connectivity index (χ0n) is 10.3. The van der Waals surface area contributed by atoms with Crippen LogP contribution in [0.3, 0.4) is 0 Å². The van der Waals surface area contributed by atoms with Gasteiger partial charge in [0.1, 0.15) is 0 Å². The summed E-state index contributed by atoms with van der Waals surface area (Å²) in [5.41, 5.74) is 4.83. The van der Waals surface area contributed by atoms with Crippen LogP contribution in [0, 0.1) is 0 Å². The second-order valence-corrected chi connectivity index (χ2v) is 2.91. The molecule has 2 amide bonds. The second-order valence-electron chi connectivity index (χ2n) is 2.91. The molecule has 0 heterocycles. The predicted octanol–water partition coefficient (Wildman–Crippen LogP) is 0.221. The first kappa shape index (κ1) is 15.7. The molecule has 0 aliphatic heterocycles. The monoisotopic (exact) mass is 256 g/mol. The molecule has 0 aromatic heterocycles. The van der Waals surface area contributed by atoms with Gasteiger partial charge in [0.05, 0.1) is 18.8 Å². The van der Waals surface area contributed by atoms with Crippen LogP contribution >= 0.6 is 0 Å². The Morgan fingerprint density at radius 2 is 1.72 bits per heavy atom. The standard InChI is InChI=1S/C11H16N2O5/c1-3-17-9(14)6-5-8(7-13-11(12)16)10(15)18-4-2/h5-7H,3-4H2,1-2H3,(H3,12,13,16). The number of rotatable bonds is 6. The van der Waals surface area contributed by atoms with Gasteiger partial charge in [-0.3, -0.25) is 0 Å². The van der Waals surface area contributed by atoms with Gasteiger partial charge in [-0.2, -0.15) is 0 Å². The minimum atomic E-state index is -0.832. The molecule has 0 spiro atoms. The van der Waals surface area contributed by atoms with E-state index in [4.69, 9.17) is 10.5 Å². The van der Waals surface area contributed by atoms with E-state index in [9.17, 15) is 14.4 Å². The maximum absolute atomic E-state index is 11.4. The van der Waals surface area contributed by atoms with E-state index in [1.165, 1.54) is 6.08 Å². The number of amides is 2. The van der Waals surface area contributed by atoms with Crippen LogP contribution in [0.4, 0.5) is 4.79 Å². The van der Waals surface area contributed by atoms with Crippen molar-refractivity contribution in [2.75, 3.05) is 13.2 Å². The van der Waals surface area contributed by atoms with Crippen molar-refractivity contribution in [2.45, 2.75) is 13.8 Å². The normalized spacial score (nSPS) is 11.1. The van der Waals surface area contributed by atoms with Gasteiger partial charge < -0.3 is 20.5 Å². The number of ether oxygens (including phenoxy) is 2. The smallest absolute Gasteiger partial charge is 0.339 e. The largest absolute Gasteiger partial charge is 0.463 e. The second kappa shape index (κ2) is 8.80. The number of urea groups is 1. The fraction of sp³-hybridized carbons (Fsp3) is 0.364. The summed E-state index contributed by atoms with van der Waals surface area (Å²) in [4.78, 5) is 33.0. The van der Waals surface area contributed by atoms with Gasteiger partial charge in [-0.05, 0) is 19.9 Å². The number of nitrogens with one attached hydrogen (secondary N) is 1. The van der Waals surface area contributed by atoms with Gasteiger partial charge in [-0.1, -0.05) is 0 Å². The highest BCUT2D eigenvalue weighted by molar-refractivity contribution is 5.94. The Balaban J connectivity index is 4.76. The van der Waals surface area contributed by atoms with Gasteiger partial charge in [-0.15, -0.1) is 0 Å². The van der Waals surface area contributed by atoms with Crippen LogP contribution in [0.25, 0.3) is 0 Å². The maximum Gasteiger partial charge on any atom is 0.339 e. The molecule has 18 heavy (non-hydrogen) atoms. The first-order valence-electron chi connectivity index (χ1n) is 5.29. The van der Waals surface area contributed by atoms with Crippen molar-refractivity contribution in [1.29, 1.82) is 0 Å². The Bertz CT molecular complexity index is 374. The maximum atomic E-state index is 11.4. The number of hydrogen-bond acceptors (Lipinski definition) is 5. The van der Waals surface area contributed by atoms with Crippen LogP contribution in [0.1, 0.15) is 13.8 Å². The molecule has 0 aliphatic rings. The van der Waals surface area contributed by atoms with Crippen LogP contribution in [0.5, 0.6) is 0 Å². The van der Waals surface area contributed by atoms with Crippen molar-refractivity contribution in [3.8, 4) is 0 Å². The lowest BCUT2D eigenvalue weighted by Crippen LogP contribution is -2.25. The molecule has 0 fully saturated rings. The first-order valence-corrected chi connectivity index (χ1v) is 5.29. The summed E-state index contributed by atoms with van der Waals surface area (Å²) in [6.45, 7) is 3.68. The van der Waals surface area contributed by atoms with Crippen LogP contribution in [-0.2, 0) is 19.1 Å². The highest BCUT2D eigenvalue weighted by atomic mass is 16.5. The number of carbonyl (C=O) groups is 3. The van der Waals surface area contributed by atoms with Crippen LogP contribution < -0.4 is 11.1 Å². The van der Waals surface area contributed by atoms with Crippen molar-refractivity contribution >= 4 is 18.0 Å². The van der Waals surface area contributed by atoms with E-state index in [0.29, 0.717) is 0 Å². The Hall–Kier alpha value is -2.31. The molecule has 0 atom stereocenters. The summed E-state index contributed by atoms with van der Waals surface area (Å²) in [6, 6.07) is -0.832. The van der Waals surface area contributed by atoms with Gasteiger partial charge in [-0.25, -0.2) is 14.4 Å². The summed E-state index contributed by atoms with van der Waals surface area (Å²) < 4.78 is 9.37. The van der Waals surface area contributed by atoms with E-state index in [2.05, 4.69) is 10.1 Å². The highest BCUT2D eigenvalue weighted by Crippen LogP contribution is 2.00. The SMILES string of the molecule is CCOC(=O)C=CC(=CNC(N)=O)C(=O)OCC. The van der Waals surface area contributed by atoms with E-state index in [-0.39, 0.29) is 18.8 Å². The Morgan fingerprint density at radius 3 is 2.22 bits per heavy atom. The third-order valence-corrected chi connectivity index (χ3v) is 1.57. The van der Waals surface area contributed by atoms with Gasteiger partial charge in [0.15, 0.2) is 0 Å². The molecule has 0 aromatic carbocycles. The zero-order valence-corrected chi connectivity index (χ0v) is 10.3. The molecule has 0 aliphatic carbocycles. The van der Waals surface area contributed by atoms with Crippen molar-refractivity contribution in [1.82, 2.24) is 5.32 Å². The molecule has 0 saturated carbocycles. The van der Waals surface area contributed by atoms with Crippen molar-refractivity contribution in [3.63, 3.8) is 0 Å². The zero-order chi connectivity index (χ0) is 14.0. The fourth-order valence-electron chi connectivity index (χ4n) is 0.887. The number of esters is 2. The van der Waals surface area contributed by atoms with Gasteiger partial charge in [0.25, 0.3) is 0 Å². The Labute approximate surface area is 105 Å². The molecule has 0 saturated heterocycles. The van der Waals surface area contributed by atoms with E-state index >= 15 is 0 Å². The van der Waals surface area contributed by atoms with Crippen LogP contribution in [-0.4, -0.2) is 31.2 Å². The van der Waals surface area contributed by atoms with Crippen LogP contribution in [0.2, 0.25) is 0 Å². The number of primary amides is 1. The number of nitrogens with two attached hydrogens (primary N) is 1. The van der Waals surface area contributed by atoms with Gasteiger partial charge in [0.2, 0.25) is 0 Å². The molecular formula is C11H16N2O5. The summed E-state index contributed by atoms with van der Waals surface area (Å²) in [6.07, 6.45) is 3.27. The lowest BCUT2D eigenvalue weighted by Gasteiger charge is -2.02. The average Bonchev–Trinajstić information content (AvgIpc) is 2.29. The molecule has 0 radical (unpaired) electrons. The Kier molecular flexibility index (Phi) is 7.67.